The van der Waals surface area contributed by atoms with Crippen LogP contribution in [-0.2, 0) is 0 Å². The molecule has 2 heterocycles. The standard InChI is InChI=1S/C14H17N3O/c1-10-8-14(17-6-4-15-5-7-17)16-13-9-11(18)2-3-12(10)13/h2-3,8-9,15,18H,4-7H2,1H3. The number of phenols is 1. The molecule has 4 heteroatoms. The molecule has 1 aliphatic rings. The first-order valence-corrected chi connectivity index (χ1v) is 6.30. The van der Waals surface area contributed by atoms with Gasteiger partial charge in [-0.1, -0.05) is 0 Å². The van der Waals surface area contributed by atoms with E-state index in [4.69, 9.17) is 0 Å². The van der Waals surface area contributed by atoms with Crippen LogP contribution in [0.2, 0.25) is 0 Å². The van der Waals surface area contributed by atoms with E-state index in [0.29, 0.717) is 0 Å². The zero-order valence-corrected chi connectivity index (χ0v) is 10.5. The summed E-state index contributed by atoms with van der Waals surface area (Å²) in [5.41, 5.74) is 2.07. The summed E-state index contributed by atoms with van der Waals surface area (Å²) in [5.74, 6) is 1.28. The lowest BCUT2D eigenvalue weighted by Crippen LogP contribution is -2.43. The highest BCUT2D eigenvalue weighted by molar-refractivity contribution is 5.85. The zero-order valence-electron chi connectivity index (χ0n) is 10.5. The van der Waals surface area contributed by atoms with Crippen molar-refractivity contribution in [1.82, 2.24) is 10.3 Å². The van der Waals surface area contributed by atoms with Gasteiger partial charge in [-0.2, -0.15) is 0 Å². The van der Waals surface area contributed by atoms with Gasteiger partial charge < -0.3 is 15.3 Å². The first-order valence-electron chi connectivity index (χ1n) is 6.30. The molecule has 1 aliphatic heterocycles. The fourth-order valence-corrected chi connectivity index (χ4v) is 2.43. The van der Waals surface area contributed by atoms with Crippen LogP contribution < -0.4 is 10.2 Å². The molecule has 0 amide bonds. The maximum absolute atomic E-state index is 9.56. The predicted molar refractivity (Wildman–Crippen MR) is 73.2 cm³/mol. The molecule has 0 unspecified atom stereocenters. The first-order chi connectivity index (χ1) is 8.74. The molecule has 0 bridgehead atoms. The van der Waals surface area contributed by atoms with Crippen LogP contribution in [-0.4, -0.2) is 36.3 Å². The monoisotopic (exact) mass is 243 g/mol. The number of fused-ring (bicyclic) bond motifs is 1. The molecule has 4 nitrogen and oxygen atoms in total. The topological polar surface area (TPSA) is 48.4 Å². The number of pyridine rings is 1. The number of piperazine rings is 1. The van der Waals surface area contributed by atoms with Crippen LogP contribution in [0.15, 0.2) is 24.3 Å². The van der Waals surface area contributed by atoms with E-state index in [1.807, 2.05) is 6.07 Å². The van der Waals surface area contributed by atoms with Crippen molar-refractivity contribution >= 4 is 16.7 Å². The lowest BCUT2D eigenvalue weighted by Gasteiger charge is -2.28. The number of nitrogens with zero attached hydrogens (tertiary/aromatic N) is 2. The molecule has 94 valence electrons. The summed E-state index contributed by atoms with van der Waals surface area (Å²) in [6.07, 6.45) is 0. The van der Waals surface area contributed by atoms with Gasteiger partial charge >= 0.3 is 0 Å². The third kappa shape index (κ3) is 1.99. The quantitative estimate of drug-likeness (QED) is 0.799. The van der Waals surface area contributed by atoms with Crippen molar-refractivity contribution < 1.29 is 5.11 Å². The van der Waals surface area contributed by atoms with Gasteiger partial charge in [0.25, 0.3) is 0 Å². The number of aryl methyl sites for hydroxylation is 1. The third-order valence-electron chi connectivity index (χ3n) is 3.43. The highest BCUT2D eigenvalue weighted by atomic mass is 16.3. The van der Waals surface area contributed by atoms with Crippen LogP contribution in [0.1, 0.15) is 5.56 Å². The number of benzene rings is 1. The molecule has 1 aromatic carbocycles. The Morgan fingerprint density at radius 3 is 2.78 bits per heavy atom. The summed E-state index contributed by atoms with van der Waals surface area (Å²) < 4.78 is 0. The maximum atomic E-state index is 9.56. The minimum atomic E-state index is 0.270. The molecule has 0 radical (unpaired) electrons. The van der Waals surface area contributed by atoms with Crippen molar-refractivity contribution in [3.05, 3.63) is 29.8 Å². The van der Waals surface area contributed by atoms with Crippen LogP contribution in [0.5, 0.6) is 5.75 Å². The van der Waals surface area contributed by atoms with E-state index in [1.54, 1.807) is 12.1 Å². The van der Waals surface area contributed by atoms with Gasteiger partial charge in [-0.3, -0.25) is 0 Å². The normalized spacial score (nSPS) is 16.2. The van der Waals surface area contributed by atoms with Gasteiger partial charge in [0.05, 0.1) is 5.52 Å². The average molecular weight is 243 g/mol. The molecule has 1 aromatic heterocycles. The molecule has 3 rings (SSSR count). The Bertz CT molecular complexity index is 577. The van der Waals surface area contributed by atoms with Gasteiger partial charge in [-0.15, -0.1) is 0 Å². The molecule has 1 fully saturated rings. The van der Waals surface area contributed by atoms with E-state index in [0.717, 1.165) is 42.9 Å². The summed E-state index contributed by atoms with van der Waals surface area (Å²) in [4.78, 5) is 6.94. The molecule has 18 heavy (non-hydrogen) atoms. The van der Waals surface area contributed by atoms with Crippen LogP contribution in [0.25, 0.3) is 10.9 Å². The molecule has 1 saturated heterocycles. The van der Waals surface area contributed by atoms with Crippen LogP contribution in [0.3, 0.4) is 0 Å². The summed E-state index contributed by atoms with van der Waals surface area (Å²) in [7, 11) is 0. The van der Waals surface area contributed by atoms with Crippen molar-refractivity contribution in [2.24, 2.45) is 0 Å². The summed E-state index contributed by atoms with van der Waals surface area (Å²) in [6.45, 7) is 6.05. The fraction of sp³-hybridized carbons (Fsp3) is 0.357. The highest BCUT2D eigenvalue weighted by Gasteiger charge is 2.13. The number of hydrogen-bond donors (Lipinski definition) is 2. The minimum absolute atomic E-state index is 0.270. The smallest absolute Gasteiger partial charge is 0.129 e. The Morgan fingerprint density at radius 1 is 1.22 bits per heavy atom. The Kier molecular flexibility index (Phi) is 2.80. The molecular weight excluding hydrogens is 226 g/mol. The average Bonchev–Trinajstić information content (AvgIpc) is 2.39. The second kappa shape index (κ2) is 4.46. The van der Waals surface area contributed by atoms with E-state index in [1.165, 1.54) is 5.56 Å². The Hall–Kier alpha value is -1.81. The van der Waals surface area contributed by atoms with Crippen molar-refractivity contribution in [3.8, 4) is 5.75 Å². The van der Waals surface area contributed by atoms with E-state index >= 15 is 0 Å². The SMILES string of the molecule is Cc1cc(N2CCNCC2)nc2cc(O)ccc12. The molecule has 2 N–H and O–H groups in total. The van der Waals surface area contributed by atoms with E-state index < -0.39 is 0 Å². The van der Waals surface area contributed by atoms with Crippen LogP contribution in [0.4, 0.5) is 5.82 Å². The number of rotatable bonds is 1. The number of nitrogens with one attached hydrogen (secondary N) is 1. The Balaban J connectivity index is 2.07. The van der Waals surface area contributed by atoms with Crippen molar-refractivity contribution in [3.63, 3.8) is 0 Å². The van der Waals surface area contributed by atoms with Crippen molar-refractivity contribution in [2.75, 3.05) is 31.1 Å². The van der Waals surface area contributed by atoms with E-state index in [2.05, 4.69) is 28.2 Å². The lowest BCUT2D eigenvalue weighted by atomic mass is 10.1. The molecule has 0 spiro atoms. The number of hydrogen-bond acceptors (Lipinski definition) is 4. The van der Waals surface area contributed by atoms with Gasteiger partial charge in [0.1, 0.15) is 11.6 Å². The summed E-state index contributed by atoms with van der Waals surface area (Å²) in [6, 6.07) is 7.49. The number of phenolic OH excluding ortho intramolecular Hbond substituents is 1. The van der Waals surface area contributed by atoms with Crippen LogP contribution in [0, 0.1) is 6.92 Å². The number of anilines is 1. The van der Waals surface area contributed by atoms with Crippen LogP contribution >= 0.6 is 0 Å². The van der Waals surface area contributed by atoms with Gasteiger partial charge in [-0.25, -0.2) is 4.98 Å². The minimum Gasteiger partial charge on any atom is -0.508 e. The van der Waals surface area contributed by atoms with Gasteiger partial charge in [-0.05, 0) is 30.7 Å². The highest BCUT2D eigenvalue weighted by Crippen LogP contribution is 2.25. The van der Waals surface area contributed by atoms with Crippen molar-refractivity contribution in [1.29, 1.82) is 0 Å². The van der Waals surface area contributed by atoms with E-state index in [9.17, 15) is 5.11 Å². The number of aromatic nitrogens is 1. The second-order valence-corrected chi connectivity index (χ2v) is 4.74. The third-order valence-corrected chi connectivity index (χ3v) is 3.43. The summed E-state index contributed by atoms with van der Waals surface area (Å²) in [5, 5.41) is 14.0. The first kappa shape index (κ1) is 11.3. The molecule has 0 atom stereocenters. The fourth-order valence-electron chi connectivity index (χ4n) is 2.43. The van der Waals surface area contributed by atoms with Gasteiger partial charge in [0.2, 0.25) is 0 Å². The van der Waals surface area contributed by atoms with Gasteiger partial charge in [0.15, 0.2) is 0 Å². The molecule has 0 saturated carbocycles. The van der Waals surface area contributed by atoms with E-state index in [-0.39, 0.29) is 5.75 Å². The van der Waals surface area contributed by atoms with Gasteiger partial charge in [0, 0.05) is 37.6 Å². The molecular formula is C14H17N3O. The maximum Gasteiger partial charge on any atom is 0.129 e. The Labute approximate surface area is 106 Å². The zero-order chi connectivity index (χ0) is 12.5. The predicted octanol–water partition coefficient (Wildman–Crippen LogP) is 1.66. The lowest BCUT2D eigenvalue weighted by molar-refractivity contribution is 0.476. The molecule has 0 aliphatic carbocycles. The number of aromatic hydroxyl groups is 1. The Morgan fingerprint density at radius 2 is 2.00 bits per heavy atom. The second-order valence-electron chi connectivity index (χ2n) is 4.74. The largest absolute Gasteiger partial charge is 0.508 e. The van der Waals surface area contributed by atoms with Crippen molar-refractivity contribution in [2.45, 2.75) is 6.92 Å². The summed E-state index contributed by atoms with van der Waals surface area (Å²) >= 11 is 0. The molecule has 2 aromatic rings.